The van der Waals surface area contributed by atoms with Crippen LogP contribution < -0.4 is 4.74 Å². The monoisotopic (exact) mass is 672 g/mol. The lowest BCUT2D eigenvalue weighted by Crippen LogP contribution is -2.56. The normalized spacial score (nSPS) is 15.9. The Morgan fingerprint density at radius 1 is 0.872 bits per heavy atom. The average molecular weight is 673 g/mol. The quantitative estimate of drug-likeness (QED) is 0.138. The van der Waals surface area contributed by atoms with Crippen LogP contribution in [0.25, 0.3) is 10.8 Å². The Morgan fingerprint density at radius 2 is 1.57 bits per heavy atom. The summed E-state index contributed by atoms with van der Waals surface area (Å²) in [5.41, 5.74) is 0. The van der Waals surface area contributed by atoms with E-state index in [1.165, 1.54) is 6.92 Å². The van der Waals surface area contributed by atoms with Crippen LogP contribution in [0.1, 0.15) is 40.5 Å². The molecule has 47 heavy (non-hydrogen) atoms. The molecule has 0 radical (unpaired) electrons. The zero-order chi connectivity index (χ0) is 34.1. The number of aromatic nitrogens is 2. The van der Waals surface area contributed by atoms with Gasteiger partial charge in [-0.3, -0.25) is 24.0 Å². The largest absolute Gasteiger partial charge is 0.483 e. The van der Waals surface area contributed by atoms with Crippen LogP contribution in [-0.2, 0) is 54.3 Å². The van der Waals surface area contributed by atoms with Crippen LogP contribution in [0.5, 0.6) is 5.75 Å². The molecule has 16 nitrogen and oxygen atoms in total. The number of thioether (sulfide) groups is 1. The first kappa shape index (κ1) is 34.7. The van der Waals surface area contributed by atoms with Gasteiger partial charge in [0.05, 0.1) is 5.75 Å². The van der Waals surface area contributed by atoms with Gasteiger partial charge in [-0.25, -0.2) is 0 Å². The van der Waals surface area contributed by atoms with Crippen molar-refractivity contribution in [1.82, 2.24) is 15.2 Å². The second kappa shape index (κ2) is 15.9. The van der Waals surface area contributed by atoms with Crippen molar-refractivity contribution < 1.29 is 56.8 Å². The second-order valence-electron chi connectivity index (χ2n) is 9.98. The number of fused-ring (bicyclic) bond motifs is 1. The first-order valence-electron chi connectivity index (χ1n) is 14.2. The number of carbonyl (C=O) groups excluding carboxylic acids is 5. The predicted molar refractivity (Wildman–Crippen MR) is 161 cm³/mol. The molecule has 2 heterocycles. The highest BCUT2D eigenvalue weighted by Gasteiger charge is 2.49. The Bertz CT molecular complexity index is 1650. The Balaban J connectivity index is 1.48. The molecule has 1 aromatic heterocycles. The number of carbonyl (C=O) groups is 5. The zero-order valence-corrected chi connectivity index (χ0v) is 26.9. The first-order valence-corrected chi connectivity index (χ1v) is 15.1. The fourth-order valence-corrected chi connectivity index (χ4v) is 5.11. The van der Waals surface area contributed by atoms with E-state index in [1.54, 1.807) is 0 Å². The maximum Gasteiger partial charge on any atom is 0.303 e. The van der Waals surface area contributed by atoms with Crippen LogP contribution in [0.15, 0.2) is 57.2 Å². The molecule has 17 heteroatoms. The minimum Gasteiger partial charge on any atom is -0.483 e. The van der Waals surface area contributed by atoms with Crippen molar-refractivity contribution in [3.63, 3.8) is 0 Å². The van der Waals surface area contributed by atoms with Crippen LogP contribution in [0, 0.1) is 0 Å². The minimum absolute atomic E-state index is 0.00953. The maximum absolute atomic E-state index is 12.6. The number of hydrogen-bond acceptors (Lipinski definition) is 16. The van der Waals surface area contributed by atoms with Crippen molar-refractivity contribution in [3.05, 3.63) is 48.4 Å². The number of amides is 1. The number of hydrogen-bond donors (Lipinski definition) is 0. The molecule has 0 spiro atoms. The Labute approximate surface area is 272 Å². The van der Waals surface area contributed by atoms with Crippen LogP contribution in [0.4, 0.5) is 0 Å². The number of hydrazone groups is 1. The van der Waals surface area contributed by atoms with Gasteiger partial charge in [-0.05, 0) is 11.5 Å². The molecule has 0 saturated heterocycles. The van der Waals surface area contributed by atoms with Crippen molar-refractivity contribution in [1.29, 1.82) is 0 Å². The molecule has 0 aliphatic carbocycles. The number of ether oxygens (including phenoxy) is 6. The smallest absolute Gasteiger partial charge is 0.303 e. The fraction of sp³-hybridized carbons (Fsp3) is 0.400. The molecular weight excluding hydrogens is 640 g/mol. The van der Waals surface area contributed by atoms with E-state index in [1.807, 2.05) is 42.5 Å². The summed E-state index contributed by atoms with van der Waals surface area (Å²) in [5.74, 6) is -3.02. The predicted octanol–water partition coefficient (Wildman–Crippen LogP) is 2.77. The van der Waals surface area contributed by atoms with Gasteiger partial charge in [0.2, 0.25) is 18.0 Å². The number of nitrogens with zero attached hydrogens (tertiary/aromatic N) is 4. The van der Waals surface area contributed by atoms with E-state index in [4.69, 9.17) is 32.8 Å². The summed E-state index contributed by atoms with van der Waals surface area (Å²) >= 11 is 1.04. The van der Waals surface area contributed by atoms with Crippen molar-refractivity contribution in [2.45, 2.75) is 71.0 Å². The van der Waals surface area contributed by atoms with Gasteiger partial charge in [-0.1, -0.05) is 48.2 Å². The van der Waals surface area contributed by atoms with E-state index in [9.17, 15) is 24.0 Å². The third-order valence-corrected chi connectivity index (χ3v) is 7.05. The standard InChI is InChI=1S/C30H32N4O12S/c1-16(35)34-29(28(44-20(5)39)27(43-19(4)38)24(42-18(3)37)13-40-17(2)36)45-26(33-34)15-47-30-32-31-25(46-30)14-41-23-12-8-10-21-9-6-7-11-22(21)23/h6-12,24,27-29H,13-15H2,1-5H3/t24-,27+,28-,29?/m1/s1. The van der Waals surface area contributed by atoms with Crippen molar-refractivity contribution in [2.24, 2.45) is 5.10 Å². The summed E-state index contributed by atoms with van der Waals surface area (Å²) in [7, 11) is 0. The Kier molecular flexibility index (Phi) is 11.7. The van der Waals surface area contributed by atoms with E-state index in [2.05, 4.69) is 15.3 Å². The first-order chi connectivity index (χ1) is 22.4. The molecule has 2 aromatic carbocycles. The maximum atomic E-state index is 12.6. The summed E-state index contributed by atoms with van der Waals surface area (Å²) in [4.78, 5) is 60.4. The molecule has 250 valence electrons. The molecule has 4 rings (SSSR count). The molecule has 0 fully saturated rings. The van der Waals surface area contributed by atoms with Crippen LogP contribution in [0.2, 0.25) is 0 Å². The summed E-state index contributed by atoms with van der Waals surface area (Å²) in [6, 6.07) is 13.4. The van der Waals surface area contributed by atoms with E-state index < -0.39 is 60.9 Å². The van der Waals surface area contributed by atoms with Gasteiger partial charge in [0.25, 0.3) is 11.1 Å². The SMILES string of the molecule is CC(=O)OC[C@@H](OC(C)=O)[C@H](OC(C)=O)[C@@H](OC(C)=O)C1OC(CSc2nnc(COc3cccc4ccccc34)o2)=NN1C(C)=O. The molecule has 1 aliphatic rings. The number of rotatable bonds is 14. The molecule has 3 aromatic rings. The molecule has 0 N–H and O–H groups in total. The topological polar surface area (TPSA) is 195 Å². The summed E-state index contributed by atoms with van der Waals surface area (Å²) < 4.78 is 38.6. The van der Waals surface area contributed by atoms with Gasteiger partial charge < -0.3 is 32.8 Å². The zero-order valence-electron chi connectivity index (χ0n) is 26.1. The van der Waals surface area contributed by atoms with Crippen molar-refractivity contribution >= 4 is 58.2 Å². The fourth-order valence-electron chi connectivity index (χ4n) is 4.48. The lowest BCUT2D eigenvalue weighted by atomic mass is 10.1. The third-order valence-electron chi connectivity index (χ3n) is 6.25. The molecular formula is C30H32N4O12S. The van der Waals surface area contributed by atoms with Gasteiger partial charge in [0.15, 0.2) is 24.9 Å². The number of esters is 4. The van der Waals surface area contributed by atoms with E-state index in [-0.39, 0.29) is 29.4 Å². The molecule has 1 unspecified atom stereocenters. The van der Waals surface area contributed by atoms with E-state index in [0.29, 0.717) is 5.75 Å². The molecule has 0 saturated carbocycles. The second-order valence-corrected chi connectivity index (χ2v) is 10.9. The Morgan fingerprint density at radius 3 is 2.26 bits per heavy atom. The molecule has 1 amide bonds. The number of benzene rings is 2. The van der Waals surface area contributed by atoms with Gasteiger partial charge in [-0.15, -0.1) is 15.3 Å². The van der Waals surface area contributed by atoms with Crippen LogP contribution in [0.3, 0.4) is 0 Å². The lowest BCUT2D eigenvalue weighted by molar-refractivity contribution is -0.205. The molecule has 0 bridgehead atoms. The summed E-state index contributed by atoms with van der Waals surface area (Å²) in [5, 5.41) is 15.2. The summed E-state index contributed by atoms with van der Waals surface area (Å²) in [6.45, 7) is 4.97. The lowest BCUT2D eigenvalue weighted by Gasteiger charge is -2.35. The summed E-state index contributed by atoms with van der Waals surface area (Å²) in [6.07, 6.45) is -6.10. The van der Waals surface area contributed by atoms with Crippen molar-refractivity contribution in [2.75, 3.05) is 12.4 Å². The van der Waals surface area contributed by atoms with E-state index >= 15 is 0 Å². The minimum atomic E-state index is -1.59. The molecule has 4 atom stereocenters. The highest BCUT2D eigenvalue weighted by atomic mass is 32.2. The van der Waals surface area contributed by atoms with Crippen LogP contribution >= 0.6 is 11.8 Å². The van der Waals surface area contributed by atoms with E-state index in [0.717, 1.165) is 55.2 Å². The van der Waals surface area contributed by atoms with Gasteiger partial charge >= 0.3 is 23.9 Å². The van der Waals surface area contributed by atoms with Gasteiger partial charge in [-0.2, -0.15) is 5.01 Å². The van der Waals surface area contributed by atoms with Gasteiger partial charge in [0, 0.05) is 40.0 Å². The van der Waals surface area contributed by atoms with Crippen molar-refractivity contribution in [3.8, 4) is 5.75 Å². The van der Waals surface area contributed by atoms with Gasteiger partial charge in [0.1, 0.15) is 12.4 Å². The highest BCUT2D eigenvalue weighted by molar-refractivity contribution is 7.99. The molecule has 1 aliphatic heterocycles. The van der Waals surface area contributed by atoms with Crippen LogP contribution in [-0.4, -0.2) is 87.8 Å². The average Bonchev–Trinajstić information content (AvgIpc) is 3.65. The third kappa shape index (κ3) is 9.65. The Hall–Kier alpha value is -5.19. The highest BCUT2D eigenvalue weighted by Crippen LogP contribution is 2.29.